The predicted octanol–water partition coefficient (Wildman–Crippen LogP) is -1.82. The van der Waals surface area contributed by atoms with Crippen molar-refractivity contribution < 1.29 is 27.0 Å². The Morgan fingerprint density at radius 2 is 2.17 bits per heavy atom. The van der Waals surface area contributed by atoms with Crippen LogP contribution in [0.4, 0.5) is 11.8 Å². The molecule has 3 rings (SSSR count). The fraction of sp³-hybridized carbons (Fsp3) is 0.667. The number of aliphatic hydroxyl groups excluding tert-OH is 1. The van der Waals surface area contributed by atoms with Crippen LogP contribution in [0.15, 0.2) is 6.33 Å². The van der Waals surface area contributed by atoms with Crippen LogP contribution in [-0.2, 0) is 19.3 Å². The maximum Gasteiger partial charge on any atom is 0.397 e. The fourth-order valence-corrected chi connectivity index (χ4v) is 3.96. The minimum Gasteiger partial charge on any atom is -0.385 e. The maximum atomic E-state index is 11.4. The number of aliphatic hydroxyl groups is 1. The summed E-state index contributed by atoms with van der Waals surface area (Å²) in [6, 6.07) is 0. The average molecular weight is 446 g/mol. The highest BCUT2D eigenvalue weighted by Crippen LogP contribution is 2.37. The summed E-state index contributed by atoms with van der Waals surface area (Å²) in [7, 11) is -1.45. The van der Waals surface area contributed by atoms with Crippen LogP contribution in [0.3, 0.4) is 0 Å². The minimum absolute atomic E-state index is 0.131. The highest BCUT2D eigenvalue weighted by atomic mass is 32.3. The zero-order valence-corrected chi connectivity index (χ0v) is 17.4. The summed E-state index contributed by atoms with van der Waals surface area (Å²) in [5.41, 5.74) is 12.0. The van der Waals surface area contributed by atoms with Crippen molar-refractivity contribution in [3.05, 3.63) is 6.33 Å². The van der Waals surface area contributed by atoms with Gasteiger partial charge in [0.15, 0.2) is 23.2 Å². The maximum absolute atomic E-state index is 11.4. The van der Waals surface area contributed by atoms with Crippen LogP contribution in [0.25, 0.3) is 11.2 Å². The third-order valence-corrected chi connectivity index (χ3v) is 5.23. The van der Waals surface area contributed by atoms with E-state index in [2.05, 4.69) is 20.3 Å². The first kappa shape index (κ1) is 22.5. The smallest absolute Gasteiger partial charge is 0.385 e. The number of hydrogen-bond acceptors (Lipinski definition) is 12. The number of ether oxygens (including phenoxy) is 1. The molecule has 0 radical (unpaired) electrons. The zero-order chi connectivity index (χ0) is 22.1. The first-order valence-corrected chi connectivity index (χ1v) is 10.6. The number of nitrogen functional groups attached to an aromatic ring is 1. The summed E-state index contributed by atoms with van der Waals surface area (Å²) in [5.74, 6) is 0.399. The molecule has 1 aliphatic heterocycles. The van der Waals surface area contributed by atoms with Gasteiger partial charge in [-0.3, -0.25) is 9.12 Å². The number of likely N-dealkylation sites (N-methyl/N-ethyl adjacent to an activating group) is 1. The lowest BCUT2D eigenvalue weighted by molar-refractivity contribution is -0.0408. The Bertz CT molecular complexity index is 985. The van der Waals surface area contributed by atoms with Gasteiger partial charge in [0.2, 0.25) is 5.95 Å². The SMILES string of the molecule is CNc1nc2c(N)ncnc2n1[C@@H]1O[C@H](CN(C)CCCN)[C@@H](OS(=O)(=O)O)[C@H]1O. The largest absolute Gasteiger partial charge is 0.397 e. The number of nitrogens with one attached hydrogen (secondary N) is 1. The number of hydrogen-bond donors (Lipinski definition) is 5. The number of imidazole rings is 1. The lowest BCUT2D eigenvalue weighted by Crippen LogP contribution is -2.42. The molecular formula is C15H26N8O6S. The van der Waals surface area contributed by atoms with Crippen molar-refractivity contribution in [2.75, 3.05) is 44.8 Å². The summed E-state index contributed by atoms with van der Waals surface area (Å²) in [6.45, 7) is 1.32. The molecule has 0 aromatic carbocycles. The van der Waals surface area contributed by atoms with Crippen LogP contribution in [0.1, 0.15) is 12.6 Å². The Morgan fingerprint density at radius 3 is 2.80 bits per heavy atom. The highest BCUT2D eigenvalue weighted by molar-refractivity contribution is 7.80. The second kappa shape index (κ2) is 8.93. The predicted molar refractivity (Wildman–Crippen MR) is 107 cm³/mol. The minimum atomic E-state index is -4.85. The third-order valence-electron chi connectivity index (χ3n) is 4.76. The monoisotopic (exact) mass is 446 g/mol. The topological polar surface area (TPSA) is 204 Å². The number of rotatable bonds is 9. The summed E-state index contributed by atoms with van der Waals surface area (Å²) in [5, 5.41) is 13.7. The zero-order valence-electron chi connectivity index (χ0n) is 16.5. The van der Waals surface area contributed by atoms with Gasteiger partial charge >= 0.3 is 10.4 Å². The molecule has 15 heteroatoms. The molecule has 3 heterocycles. The van der Waals surface area contributed by atoms with Gasteiger partial charge in [0.05, 0.1) is 0 Å². The molecule has 1 fully saturated rings. The standard InChI is InChI=1S/C15H26N8O6S/c1-18-15-21-9-12(17)19-7-20-13(9)23(15)14-10(24)11(29-30(25,26)27)8(28-14)6-22(2)5-3-4-16/h7-8,10-11,14,24H,3-6,16H2,1-2H3,(H,18,21)(H2,17,19,20)(H,25,26,27)/t8-,10-,11-,14-/m1/s1. The van der Waals surface area contributed by atoms with Gasteiger partial charge in [-0.05, 0) is 26.6 Å². The lowest BCUT2D eigenvalue weighted by atomic mass is 10.1. The number of anilines is 2. The summed E-state index contributed by atoms with van der Waals surface area (Å²) in [4.78, 5) is 14.2. The number of nitrogens with two attached hydrogens (primary N) is 2. The van der Waals surface area contributed by atoms with E-state index in [1.807, 2.05) is 4.90 Å². The van der Waals surface area contributed by atoms with Crippen LogP contribution < -0.4 is 16.8 Å². The van der Waals surface area contributed by atoms with Gasteiger partial charge in [-0.15, -0.1) is 0 Å². The van der Waals surface area contributed by atoms with Crippen molar-refractivity contribution in [1.29, 1.82) is 0 Å². The molecule has 0 spiro atoms. The molecule has 0 amide bonds. The van der Waals surface area contributed by atoms with Gasteiger partial charge in [0, 0.05) is 13.6 Å². The highest BCUT2D eigenvalue weighted by Gasteiger charge is 2.49. The molecule has 0 aliphatic carbocycles. The summed E-state index contributed by atoms with van der Waals surface area (Å²) < 4.78 is 44.1. The third kappa shape index (κ3) is 4.61. The normalized spacial score (nSPS) is 24.7. The Morgan fingerprint density at radius 1 is 1.43 bits per heavy atom. The van der Waals surface area contributed by atoms with Crippen molar-refractivity contribution in [3.63, 3.8) is 0 Å². The van der Waals surface area contributed by atoms with Crippen LogP contribution >= 0.6 is 0 Å². The Balaban J connectivity index is 1.98. The van der Waals surface area contributed by atoms with E-state index >= 15 is 0 Å². The molecular weight excluding hydrogens is 420 g/mol. The van der Waals surface area contributed by atoms with E-state index in [1.165, 1.54) is 10.9 Å². The van der Waals surface area contributed by atoms with Crippen molar-refractivity contribution in [2.24, 2.45) is 5.73 Å². The van der Waals surface area contributed by atoms with Crippen LogP contribution in [0, 0.1) is 0 Å². The van der Waals surface area contributed by atoms with Crippen LogP contribution in [0.5, 0.6) is 0 Å². The van der Waals surface area contributed by atoms with Crippen molar-refractivity contribution in [2.45, 2.75) is 31.0 Å². The van der Waals surface area contributed by atoms with Crippen LogP contribution in [-0.4, -0.2) is 94.5 Å². The van der Waals surface area contributed by atoms with E-state index in [9.17, 15) is 18.1 Å². The molecule has 14 nitrogen and oxygen atoms in total. The van der Waals surface area contributed by atoms with Crippen molar-refractivity contribution >= 4 is 33.3 Å². The van der Waals surface area contributed by atoms with E-state index in [0.717, 1.165) is 0 Å². The molecule has 0 saturated carbocycles. The Labute approximate surface area is 173 Å². The lowest BCUT2D eigenvalue weighted by Gasteiger charge is -2.24. The molecule has 1 aliphatic rings. The molecule has 2 aromatic heterocycles. The molecule has 30 heavy (non-hydrogen) atoms. The molecule has 0 unspecified atom stereocenters. The van der Waals surface area contributed by atoms with Gasteiger partial charge in [-0.2, -0.15) is 8.42 Å². The number of aromatic nitrogens is 4. The van der Waals surface area contributed by atoms with E-state index in [-0.39, 0.29) is 29.5 Å². The van der Waals surface area contributed by atoms with Gasteiger partial charge in [-0.25, -0.2) is 19.1 Å². The quantitative estimate of drug-likeness (QED) is 0.269. The number of nitrogens with zero attached hydrogens (tertiary/aromatic N) is 5. The van der Waals surface area contributed by atoms with E-state index in [0.29, 0.717) is 19.5 Å². The van der Waals surface area contributed by atoms with Crippen LogP contribution in [0.2, 0.25) is 0 Å². The molecule has 7 N–H and O–H groups in total. The van der Waals surface area contributed by atoms with Crippen molar-refractivity contribution in [1.82, 2.24) is 24.4 Å². The van der Waals surface area contributed by atoms with Gasteiger partial charge < -0.3 is 31.5 Å². The number of fused-ring (bicyclic) bond motifs is 1. The average Bonchev–Trinajstić information content (AvgIpc) is 3.18. The first-order valence-electron chi connectivity index (χ1n) is 9.20. The first-order chi connectivity index (χ1) is 14.2. The Hall–Kier alpha value is -2.14. The van der Waals surface area contributed by atoms with Gasteiger partial charge in [0.1, 0.15) is 24.6 Å². The molecule has 1 saturated heterocycles. The van der Waals surface area contributed by atoms with Gasteiger partial charge in [0.25, 0.3) is 0 Å². The molecule has 4 atom stereocenters. The second-order valence-corrected chi connectivity index (χ2v) is 7.98. The second-order valence-electron chi connectivity index (χ2n) is 6.94. The van der Waals surface area contributed by atoms with E-state index in [4.69, 9.17) is 20.4 Å². The molecule has 168 valence electrons. The summed E-state index contributed by atoms with van der Waals surface area (Å²) >= 11 is 0. The Kier molecular flexibility index (Phi) is 6.71. The molecule has 0 bridgehead atoms. The molecule has 2 aromatic rings. The fourth-order valence-electron chi connectivity index (χ4n) is 3.44. The summed E-state index contributed by atoms with van der Waals surface area (Å²) in [6.07, 6.45) is -2.90. The van der Waals surface area contributed by atoms with E-state index in [1.54, 1.807) is 14.1 Å². The van der Waals surface area contributed by atoms with E-state index < -0.39 is 34.9 Å². The van der Waals surface area contributed by atoms with Gasteiger partial charge in [-0.1, -0.05) is 0 Å². The van der Waals surface area contributed by atoms with Crippen molar-refractivity contribution in [3.8, 4) is 0 Å².